The first-order valence-electron chi connectivity index (χ1n) is 6.24. The number of hydrogen-bond donors (Lipinski definition) is 2. The van der Waals surface area contributed by atoms with E-state index in [2.05, 4.69) is 0 Å². The minimum absolute atomic E-state index is 0.558. The van der Waals surface area contributed by atoms with Gasteiger partial charge < -0.3 is 10.8 Å². The van der Waals surface area contributed by atoms with Gasteiger partial charge in [-0.25, -0.2) is 0 Å². The molecular formula is C16H19NO. The number of benzene rings is 2. The highest BCUT2D eigenvalue weighted by Gasteiger charge is 2.09. The van der Waals surface area contributed by atoms with Crippen LogP contribution in [-0.2, 0) is 6.42 Å². The molecule has 0 heterocycles. The Balaban J connectivity index is 2.17. The number of rotatable bonds is 4. The molecule has 0 fully saturated rings. The van der Waals surface area contributed by atoms with Gasteiger partial charge >= 0.3 is 0 Å². The van der Waals surface area contributed by atoms with Crippen molar-refractivity contribution < 1.29 is 5.11 Å². The average Bonchev–Trinajstić information content (AvgIpc) is 2.40. The van der Waals surface area contributed by atoms with Crippen LogP contribution in [0.2, 0.25) is 0 Å². The van der Waals surface area contributed by atoms with E-state index in [0.29, 0.717) is 6.54 Å². The quantitative estimate of drug-likeness (QED) is 0.864. The van der Waals surface area contributed by atoms with E-state index in [1.165, 1.54) is 11.1 Å². The smallest absolute Gasteiger partial charge is 0.104 e. The van der Waals surface area contributed by atoms with Crippen LogP contribution in [-0.4, -0.2) is 11.7 Å². The molecule has 3 N–H and O–H groups in total. The number of nitrogens with two attached hydrogens (primary N) is 1. The fraction of sp³-hybridized carbons (Fsp3) is 0.250. The Kier molecular flexibility index (Phi) is 4.13. The summed E-state index contributed by atoms with van der Waals surface area (Å²) >= 11 is 0. The second-order valence-corrected chi connectivity index (χ2v) is 4.59. The Hall–Kier alpha value is -1.64. The van der Waals surface area contributed by atoms with Crippen molar-refractivity contribution in [3.05, 3.63) is 70.8 Å². The predicted molar refractivity (Wildman–Crippen MR) is 74.4 cm³/mol. The molecule has 2 aromatic carbocycles. The van der Waals surface area contributed by atoms with Gasteiger partial charge in [0.25, 0.3) is 0 Å². The van der Waals surface area contributed by atoms with Gasteiger partial charge in [0, 0.05) is 0 Å². The lowest BCUT2D eigenvalue weighted by molar-refractivity contribution is 0.220. The fourth-order valence-corrected chi connectivity index (χ4v) is 1.97. The minimum atomic E-state index is -0.558. The summed E-state index contributed by atoms with van der Waals surface area (Å²) in [7, 11) is 0. The lowest BCUT2D eigenvalue weighted by atomic mass is 9.99. The summed E-state index contributed by atoms with van der Waals surface area (Å²) < 4.78 is 0. The van der Waals surface area contributed by atoms with Gasteiger partial charge in [-0.05, 0) is 36.6 Å². The highest BCUT2D eigenvalue weighted by Crippen LogP contribution is 2.22. The molecule has 0 aliphatic rings. The van der Waals surface area contributed by atoms with Crippen LogP contribution < -0.4 is 5.73 Å². The van der Waals surface area contributed by atoms with E-state index in [-0.39, 0.29) is 0 Å². The van der Waals surface area contributed by atoms with E-state index in [4.69, 9.17) is 5.73 Å². The Morgan fingerprint density at radius 1 is 0.944 bits per heavy atom. The zero-order valence-electron chi connectivity index (χ0n) is 10.6. The van der Waals surface area contributed by atoms with E-state index >= 15 is 0 Å². The molecule has 0 aromatic heterocycles. The molecule has 0 aliphatic heterocycles. The van der Waals surface area contributed by atoms with E-state index in [1.807, 2.05) is 55.5 Å². The standard InChI is InChI=1S/C16H19NO/c1-12-2-6-14(7-3-12)16(18)15-8-4-13(5-9-15)10-11-17/h2-9,16,18H,10-11,17H2,1H3. The van der Waals surface area contributed by atoms with E-state index in [1.54, 1.807) is 0 Å². The number of aliphatic hydroxyl groups is 1. The molecule has 0 radical (unpaired) electrons. The van der Waals surface area contributed by atoms with Crippen LogP contribution in [0.4, 0.5) is 0 Å². The summed E-state index contributed by atoms with van der Waals surface area (Å²) in [5.74, 6) is 0. The van der Waals surface area contributed by atoms with Crippen molar-refractivity contribution in [2.45, 2.75) is 19.4 Å². The number of aryl methyl sites for hydroxylation is 1. The second-order valence-electron chi connectivity index (χ2n) is 4.59. The molecule has 1 unspecified atom stereocenters. The average molecular weight is 241 g/mol. The van der Waals surface area contributed by atoms with Gasteiger partial charge in [-0.2, -0.15) is 0 Å². The lowest BCUT2D eigenvalue weighted by Gasteiger charge is -2.12. The maximum atomic E-state index is 10.3. The molecule has 0 spiro atoms. The first kappa shape index (κ1) is 12.8. The highest BCUT2D eigenvalue weighted by molar-refractivity contribution is 5.33. The summed E-state index contributed by atoms with van der Waals surface area (Å²) in [5.41, 5.74) is 9.76. The van der Waals surface area contributed by atoms with Crippen molar-refractivity contribution >= 4 is 0 Å². The maximum Gasteiger partial charge on any atom is 0.104 e. The van der Waals surface area contributed by atoms with E-state index in [9.17, 15) is 5.11 Å². The van der Waals surface area contributed by atoms with E-state index in [0.717, 1.165) is 17.5 Å². The van der Waals surface area contributed by atoms with Crippen molar-refractivity contribution in [1.82, 2.24) is 0 Å². The molecular weight excluding hydrogens is 222 g/mol. The van der Waals surface area contributed by atoms with Crippen LogP contribution in [0, 0.1) is 6.92 Å². The lowest BCUT2D eigenvalue weighted by Crippen LogP contribution is -2.03. The van der Waals surface area contributed by atoms with Crippen LogP contribution in [0.1, 0.15) is 28.4 Å². The normalized spacial score (nSPS) is 12.4. The highest BCUT2D eigenvalue weighted by atomic mass is 16.3. The van der Waals surface area contributed by atoms with Crippen molar-refractivity contribution in [3.63, 3.8) is 0 Å². The van der Waals surface area contributed by atoms with Crippen molar-refractivity contribution in [2.75, 3.05) is 6.54 Å². The molecule has 2 rings (SSSR count). The third-order valence-electron chi connectivity index (χ3n) is 3.12. The number of aliphatic hydroxyl groups excluding tert-OH is 1. The van der Waals surface area contributed by atoms with Gasteiger partial charge in [-0.1, -0.05) is 54.1 Å². The third-order valence-corrected chi connectivity index (χ3v) is 3.12. The molecule has 18 heavy (non-hydrogen) atoms. The number of hydrogen-bond acceptors (Lipinski definition) is 2. The Morgan fingerprint density at radius 2 is 1.44 bits per heavy atom. The van der Waals surface area contributed by atoms with Gasteiger partial charge in [-0.3, -0.25) is 0 Å². The van der Waals surface area contributed by atoms with Crippen LogP contribution in [0.3, 0.4) is 0 Å². The van der Waals surface area contributed by atoms with Crippen LogP contribution in [0.5, 0.6) is 0 Å². The van der Waals surface area contributed by atoms with Gasteiger partial charge in [0.2, 0.25) is 0 Å². The predicted octanol–water partition coefficient (Wildman–Crippen LogP) is 2.58. The molecule has 1 atom stereocenters. The molecule has 94 valence electrons. The zero-order valence-corrected chi connectivity index (χ0v) is 10.6. The maximum absolute atomic E-state index is 10.3. The monoisotopic (exact) mass is 241 g/mol. The largest absolute Gasteiger partial charge is 0.384 e. The summed E-state index contributed by atoms with van der Waals surface area (Å²) in [4.78, 5) is 0. The summed E-state index contributed by atoms with van der Waals surface area (Å²) in [6, 6.07) is 16.0. The first-order valence-corrected chi connectivity index (χ1v) is 6.24. The van der Waals surface area contributed by atoms with Crippen molar-refractivity contribution in [1.29, 1.82) is 0 Å². The topological polar surface area (TPSA) is 46.2 Å². The third kappa shape index (κ3) is 2.97. The SMILES string of the molecule is Cc1ccc(C(O)c2ccc(CCN)cc2)cc1. The Bertz CT molecular complexity index is 488. The second kappa shape index (κ2) is 5.80. The first-order chi connectivity index (χ1) is 8.70. The molecule has 0 saturated carbocycles. The molecule has 2 heteroatoms. The molecule has 2 aromatic rings. The van der Waals surface area contributed by atoms with Gasteiger partial charge in [0.05, 0.1) is 0 Å². The Labute approximate surface area is 108 Å². The molecule has 0 saturated heterocycles. The van der Waals surface area contributed by atoms with Gasteiger partial charge in [0.1, 0.15) is 6.10 Å². The molecule has 2 nitrogen and oxygen atoms in total. The van der Waals surface area contributed by atoms with E-state index < -0.39 is 6.10 Å². The summed E-state index contributed by atoms with van der Waals surface area (Å²) in [6.07, 6.45) is 0.318. The molecule has 0 bridgehead atoms. The van der Waals surface area contributed by atoms with Crippen molar-refractivity contribution in [2.24, 2.45) is 5.73 Å². The summed E-state index contributed by atoms with van der Waals surface area (Å²) in [6.45, 7) is 2.69. The van der Waals surface area contributed by atoms with Gasteiger partial charge in [-0.15, -0.1) is 0 Å². The minimum Gasteiger partial charge on any atom is -0.384 e. The fourth-order valence-electron chi connectivity index (χ4n) is 1.97. The summed E-state index contributed by atoms with van der Waals surface area (Å²) in [5, 5.41) is 10.3. The molecule has 0 aliphatic carbocycles. The zero-order chi connectivity index (χ0) is 13.0. The van der Waals surface area contributed by atoms with Crippen LogP contribution >= 0.6 is 0 Å². The van der Waals surface area contributed by atoms with Crippen LogP contribution in [0.25, 0.3) is 0 Å². The molecule has 0 amide bonds. The van der Waals surface area contributed by atoms with Crippen molar-refractivity contribution in [3.8, 4) is 0 Å². The Morgan fingerprint density at radius 3 is 1.94 bits per heavy atom. The van der Waals surface area contributed by atoms with Crippen LogP contribution in [0.15, 0.2) is 48.5 Å². The van der Waals surface area contributed by atoms with Gasteiger partial charge in [0.15, 0.2) is 0 Å².